The predicted molar refractivity (Wildman–Crippen MR) is 73.5 cm³/mol. The quantitative estimate of drug-likeness (QED) is 0.805. The summed E-state index contributed by atoms with van der Waals surface area (Å²) in [7, 11) is 1.98. The summed E-state index contributed by atoms with van der Waals surface area (Å²) in [5, 5.41) is 9.21. The predicted octanol–water partition coefficient (Wildman–Crippen LogP) is 1.46. The van der Waals surface area contributed by atoms with Gasteiger partial charge < -0.3 is 9.80 Å². The molecule has 1 amide bonds. The number of rotatable bonds is 2. The Morgan fingerprint density at radius 1 is 1.37 bits per heavy atom. The lowest BCUT2D eigenvalue weighted by molar-refractivity contribution is -0.135. The van der Waals surface area contributed by atoms with Gasteiger partial charge in [0.05, 0.1) is 12.0 Å². The zero-order valence-corrected chi connectivity index (χ0v) is 11.4. The highest BCUT2D eigenvalue weighted by Crippen LogP contribution is 2.20. The van der Waals surface area contributed by atoms with E-state index in [1.807, 2.05) is 44.3 Å². The van der Waals surface area contributed by atoms with Crippen LogP contribution in [0.2, 0.25) is 0 Å². The lowest BCUT2D eigenvalue weighted by Gasteiger charge is -2.37. The van der Waals surface area contributed by atoms with Gasteiger partial charge in [-0.3, -0.25) is 4.79 Å². The van der Waals surface area contributed by atoms with Gasteiger partial charge in [0.25, 0.3) is 0 Å². The molecule has 1 aliphatic heterocycles. The third-order valence-electron chi connectivity index (χ3n) is 3.69. The third kappa shape index (κ3) is 2.94. The lowest BCUT2D eigenvalue weighted by Crippen LogP contribution is -2.54. The topological polar surface area (TPSA) is 47.3 Å². The van der Waals surface area contributed by atoms with Crippen LogP contribution in [0.4, 0.5) is 0 Å². The standard InChI is InChI=1S/C15H19N3O/c1-12(13-6-4-3-5-7-13)15(19)18-9-8-17(2)11-14(18)10-16/h3-7,12,14H,8-9,11H2,1-2H3/t12-,14+/m0/s1. The van der Waals surface area contributed by atoms with Gasteiger partial charge in [-0.15, -0.1) is 0 Å². The summed E-state index contributed by atoms with van der Waals surface area (Å²) < 4.78 is 0. The molecule has 4 heteroatoms. The van der Waals surface area contributed by atoms with Crippen LogP contribution < -0.4 is 0 Å². The van der Waals surface area contributed by atoms with E-state index in [-0.39, 0.29) is 17.9 Å². The number of hydrogen-bond donors (Lipinski definition) is 0. The van der Waals surface area contributed by atoms with Crippen molar-refractivity contribution in [1.29, 1.82) is 5.26 Å². The first-order valence-electron chi connectivity index (χ1n) is 6.57. The van der Waals surface area contributed by atoms with Crippen molar-refractivity contribution in [1.82, 2.24) is 9.80 Å². The van der Waals surface area contributed by atoms with Gasteiger partial charge in [0.15, 0.2) is 0 Å². The average Bonchev–Trinajstić information content (AvgIpc) is 2.46. The molecule has 1 saturated heterocycles. The maximum absolute atomic E-state index is 12.5. The first kappa shape index (κ1) is 13.6. The number of carbonyl (C=O) groups excluding carboxylic acids is 1. The van der Waals surface area contributed by atoms with Gasteiger partial charge >= 0.3 is 0 Å². The molecule has 0 aromatic heterocycles. The van der Waals surface area contributed by atoms with E-state index in [0.717, 1.165) is 12.1 Å². The van der Waals surface area contributed by atoms with Crippen LogP contribution in [0.5, 0.6) is 0 Å². The number of amides is 1. The fraction of sp³-hybridized carbons (Fsp3) is 0.467. The van der Waals surface area contributed by atoms with Crippen LogP contribution in [0, 0.1) is 11.3 Å². The molecule has 0 aliphatic carbocycles. The number of hydrogen-bond acceptors (Lipinski definition) is 3. The molecule has 1 fully saturated rings. The fourth-order valence-electron chi connectivity index (χ4n) is 2.43. The smallest absolute Gasteiger partial charge is 0.230 e. The first-order valence-corrected chi connectivity index (χ1v) is 6.57. The summed E-state index contributed by atoms with van der Waals surface area (Å²) in [6, 6.07) is 11.6. The molecule has 2 rings (SSSR count). The molecule has 1 aromatic carbocycles. The van der Waals surface area contributed by atoms with E-state index in [2.05, 4.69) is 11.0 Å². The fourth-order valence-corrected chi connectivity index (χ4v) is 2.43. The Bertz CT molecular complexity index is 480. The lowest BCUT2D eigenvalue weighted by atomic mass is 9.98. The number of benzene rings is 1. The van der Waals surface area contributed by atoms with Crippen LogP contribution in [-0.4, -0.2) is 48.4 Å². The van der Waals surface area contributed by atoms with E-state index in [9.17, 15) is 10.1 Å². The Hall–Kier alpha value is -1.86. The Morgan fingerprint density at radius 3 is 2.68 bits per heavy atom. The normalized spacial score (nSPS) is 21.7. The number of likely N-dealkylation sites (N-methyl/N-ethyl adjacent to an activating group) is 1. The van der Waals surface area contributed by atoms with Gasteiger partial charge in [-0.1, -0.05) is 30.3 Å². The van der Waals surface area contributed by atoms with Crippen LogP contribution >= 0.6 is 0 Å². The SMILES string of the molecule is C[C@H](C(=O)N1CCN(C)C[C@H]1C#N)c1ccccc1. The van der Waals surface area contributed by atoms with Crippen LogP contribution in [-0.2, 0) is 4.79 Å². The molecular formula is C15H19N3O. The van der Waals surface area contributed by atoms with Crippen molar-refractivity contribution in [3.8, 4) is 6.07 Å². The van der Waals surface area contributed by atoms with Crippen molar-refractivity contribution in [2.24, 2.45) is 0 Å². The highest BCUT2D eigenvalue weighted by Gasteiger charge is 2.31. The molecular weight excluding hydrogens is 238 g/mol. The van der Waals surface area contributed by atoms with Gasteiger partial charge in [0.1, 0.15) is 6.04 Å². The average molecular weight is 257 g/mol. The molecule has 0 spiro atoms. The monoisotopic (exact) mass is 257 g/mol. The second kappa shape index (κ2) is 5.85. The van der Waals surface area contributed by atoms with E-state index in [4.69, 9.17) is 0 Å². The zero-order valence-electron chi connectivity index (χ0n) is 11.4. The second-order valence-electron chi connectivity index (χ2n) is 5.07. The highest BCUT2D eigenvalue weighted by atomic mass is 16.2. The van der Waals surface area contributed by atoms with E-state index >= 15 is 0 Å². The number of carbonyl (C=O) groups is 1. The van der Waals surface area contributed by atoms with E-state index in [1.54, 1.807) is 4.90 Å². The van der Waals surface area contributed by atoms with Crippen LogP contribution in [0.25, 0.3) is 0 Å². The molecule has 0 N–H and O–H groups in total. The summed E-state index contributed by atoms with van der Waals surface area (Å²) >= 11 is 0. The molecule has 0 unspecified atom stereocenters. The van der Waals surface area contributed by atoms with Crippen molar-refractivity contribution in [2.75, 3.05) is 26.7 Å². The van der Waals surface area contributed by atoms with E-state index in [1.165, 1.54) is 0 Å². The Morgan fingerprint density at radius 2 is 2.05 bits per heavy atom. The minimum absolute atomic E-state index is 0.0471. The van der Waals surface area contributed by atoms with E-state index in [0.29, 0.717) is 13.1 Å². The minimum atomic E-state index is -0.336. The molecule has 100 valence electrons. The van der Waals surface area contributed by atoms with E-state index < -0.39 is 0 Å². The molecule has 0 radical (unpaired) electrons. The first-order chi connectivity index (χ1) is 9.13. The highest BCUT2D eigenvalue weighted by molar-refractivity contribution is 5.84. The minimum Gasteiger partial charge on any atom is -0.324 e. The van der Waals surface area contributed by atoms with Gasteiger partial charge in [-0.2, -0.15) is 5.26 Å². The van der Waals surface area contributed by atoms with Gasteiger partial charge in [0.2, 0.25) is 5.91 Å². The molecule has 1 aromatic rings. The second-order valence-corrected chi connectivity index (χ2v) is 5.07. The Balaban J connectivity index is 2.13. The molecule has 19 heavy (non-hydrogen) atoms. The molecule has 4 nitrogen and oxygen atoms in total. The van der Waals surface area contributed by atoms with Crippen molar-refractivity contribution in [2.45, 2.75) is 18.9 Å². The summed E-state index contributed by atoms with van der Waals surface area (Å²) in [6.45, 7) is 3.99. The Labute approximate surface area is 114 Å². The van der Waals surface area contributed by atoms with Crippen LogP contribution in [0.1, 0.15) is 18.4 Å². The zero-order chi connectivity index (χ0) is 13.8. The summed E-state index contributed by atoms with van der Waals surface area (Å²) in [4.78, 5) is 16.3. The third-order valence-corrected chi connectivity index (χ3v) is 3.69. The number of nitrogens with zero attached hydrogens (tertiary/aromatic N) is 3. The number of nitriles is 1. The summed E-state index contributed by atoms with van der Waals surface area (Å²) in [6.07, 6.45) is 0. The van der Waals surface area contributed by atoms with Crippen molar-refractivity contribution in [3.05, 3.63) is 35.9 Å². The van der Waals surface area contributed by atoms with Crippen molar-refractivity contribution >= 4 is 5.91 Å². The Kier molecular flexibility index (Phi) is 4.18. The summed E-state index contributed by atoms with van der Waals surface area (Å²) in [5.74, 6) is -0.147. The molecule has 1 aliphatic rings. The molecule has 2 atom stereocenters. The van der Waals surface area contributed by atoms with Gasteiger partial charge in [-0.25, -0.2) is 0 Å². The molecule has 1 heterocycles. The maximum Gasteiger partial charge on any atom is 0.230 e. The number of piperazine rings is 1. The van der Waals surface area contributed by atoms with Crippen LogP contribution in [0.3, 0.4) is 0 Å². The molecule has 0 saturated carbocycles. The maximum atomic E-state index is 12.5. The summed E-state index contributed by atoms with van der Waals surface area (Å²) in [5.41, 5.74) is 1.00. The van der Waals surface area contributed by atoms with Crippen molar-refractivity contribution in [3.63, 3.8) is 0 Å². The van der Waals surface area contributed by atoms with Gasteiger partial charge in [-0.05, 0) is 19.5 Å². The largest absolute Gasteiger partial charge is 0.324 e. The van der Waals surface area contributed by atoms with Gasteiger partial charge in [0, 0.05) is 19.6 Å². The van der Waals surface area contributed by atoms with Crippen molar-refractivity contribution < 1.29 is 4.79 Å². The molecule has 0 bridgehead atoms. The van der Waals surface area contributed by atoms with Crippen LogP contribution in [0.15, 0.2) is 30.3 Å².